The van der Waals surface area contributed by atoms with Crippen LogP contribution in [0.4, 0.5) is 0 Å². The molecule has 0 aliphatic rings. The van der Waals surface area contributed by atoms with Crippen molar-refractivity contribution < 1.29 is 23.8 Å². The van der Waals surface area contributed by atoms with Gasteiger partial charge in [0, 0.05) is 0 Å². The van der Waals surface area contributed by atoms with Crippen LogP contribution in [0.25, 0.3) is 0 Å². The number of carbonyl (C=O) groups is 2. The van der Waals surface area contributed by atoms with Crippen LogP contribution in [0.2, 0.25) is 0 Å². The minimum Gasteiger partial charge on any atom is -0.465 e. The predicted octanol–water partition coefficient (Wildman–Crippen LogP) is 2.57. The molecule has 0 heterocycles. The highest BCUT2D eigenvalue weighted by Crippen LogP contribution is 2.17. The van der Waals surface area contributed by atoms with Gasteiger partial charge in [0.2, 0.25) is 0 Å². The molecule has 0 bridgehead atoms. The van der Waals surface area contributed by atoms with Crippen molar-refractivity contribution in [3.05, 3.63) is 34.9 Å². The summed E-state index contributed by atoms with van der Waals surface area (Å²) in [5.41, 5.74) is 0.987. The maximum atomic E-state index is 11.6. The Kier molecular flexibility index (Phi) is 5.27. The molecular formula is C15H20O5. The third kappa shape index (κ3) is 4.66. The largest absolute Gasteiger partial charge is 0.465 e. The van der Waals surface area contributed by atoms with E-state index in [2.05, 4.69) is 9.47 Å². The number of rotatable bonds is 4. The molecule has 1 aromatic carbocycles. The van der Waals surface area contributed by atoms with Crippen molar-refractivity contribution in [2.45, 2.75) is 33.0 Å². The van der Waals surface area contributed by atoms with E-state index in [0.29, 0.717) is 23.3 Å². The Balaban J connectivity index is 3.10. The predicted molar refractivity (Wildman–Crippen MR) is 73.7 cm³/mol. The zero-order valence-corrected chi connectivity index (χ0v) is 12.5. The number of hydrogen-bond donors (Lipinski definition) is 0. The Morgan fingerprint density at radius 2 is 1.40 bits per heavy atom. The molecule has 0 aromatic heterocycles. The number of esters is 2. The Bertz CT molecular complexity index is 465. The lowest BCUT2D eigenvalue weighted by molar-refractivity contribution is -0.0149. The third-order valence-corrected chi connectivity index (χ3v) is 2.51. The highest BCUT2D eigenvalue weighted by atomic mass is 16.5. The second-order valence-corrected chi connectivity index (χ2v) is 5.30. The van der Waals surface area contributed by atoms with Crippen molar-refractivity contribution in [3.8, 4) is 0 Å². The zero-order valence-electron chi connectivity index (χ0n) is 12.5. The number of hydrogen-bond acceptors (Lipinski definition) is 5. The molecule has 0 amide bonds. The van der Waals surface area contributed by atoms with Gasteiger partial charge in [-0.05, 0) is 44.5 Å². The van der Waals surface area contributed by atoms with Crippen molar-refractivity contribution in [1.29, 1.82) is 0 Å². The summed E-state index contributed by atoms with van der Waals surface area (Å²) >= 11 is 0. The van der Waals surface area contributed by atoms with E-state index in [1.54, 1.807) is 12.1 Å². The molecule has 0 atom stereocenters. The molecule has 1 rings (SSSR count). The van der Waals surface area contributed by atoms with E-state index in [9.17, 15) is 9.59 Å². The maximum Gasteiger partial charge on any atom is 0.337 e. The topological polar surface area (TPSA) is 61.8 Å². The Morgan fingerprint density at radius 3 is 1.75 bits per heavy atom. The third-order valence-electron chi connectivity index (χ3n) is 2.51. The van der Waals surface area contributed by atoms with E-state index in [4.69, 9.17) is 4.74 Å². The van der Waals surface area contributed by atoms with Crippen molar-refractivity contribution in [1.82, 2.24) is 0 Å². The number of methoxy groups -OCH3 is 2. The van der Waals surface area contributed by atoms with Gasteiger partial charge in [0.15, 0.2) is 0 Å². The van der Waals surface area contributed by atoms with Crippen LogP contribution in [0.5, 0.6) is 0 Å². The summed E-state index contributed by atoms with van der Waals surface area (Å²) in [5.74, 6) is -1.01. The average Bonchev–Trinajstić information content (AvgIpc) is 2.42. The number of benzene rings is 1. The Hall–Kier alpha value is -1.88. The first-order valence-electron chi connectivity index (χ1n) is 6.21. The normalized spacial score (nSPS) is 11.1. The van der Waals surface area contributed by atoms with Gasteiger partial charge in [0.25, 0.3) is 0 Å². The molecule has 0 fully saturated rings. The summed E-state index contributed by atoms with van der Waals surface area (Å²) in [7, 11) is 2.58. The average molecular weight is 280 g/mol. The van der Waals surface area contributed by atoms with Gasteiger partial charge in [-0.15, -0.1) is 0 Å². The summed E-state index contributed by atoms with van der Waals surface area (Å²) in [4.78, 5) is 23.2. The van der Waals surface area contributed by atoms with Crippen LogP contribution >= 0.6 is 0 Å². The lowest BCUT2D eigenvalue weighted by Gasteiger charge is -2.20. The van der Waals surface area contributed by atoms with Gasteiger partial charge in [0.05, 0.1) is 37.6 Å². The molecule has 1 aromatic rings. The smallest absolute Gasteiger partial charge is 0.337 e. The lowest BCUT2D eigenvalue weighted by atomic mass is 10.1. The minimum absolute atomic E-state index is 0.290. The first-order valence-corrected chi connectivity index (χ1v) is 6.21. The summed E-state index contributed by atoms with van der Waals surface area (Å²) in [6, 6.07) is 4.73. The molecule has 0 saturated heterocycles. The van der Waals surface area contributed by atoms with Crippen molar-refractivity contribution >= 4 is 11.9 Å². The molecular weight excluding hydrogens is 260 g/mol. The van der Waals surface area contributed by atoms with Crippen molar-refractivity contribution in [3.63, 3.8) is 0 Å². The first-order chi connectivity index (χ1) is 9.26. The fraction of sp³-hybridized carbons (Fsp3) is 0.467. The van der Waals surface area contributed by atoms with Crippen LogP contribution in [0.3, 0.4) is 0 Å². The van der Waals surface area contributed by atoms with Gasteiger partial charge >= 0.3 is 11.9 Å². The summed E-state index contributed by atoms with van der Waals surface area (Å²) < 4.78 is 15.0. The molecule has 110 valence electrons. The second kappa shape index (κ2) is 6.52. The maximum absolute atomic E-state index is 11.6. The van der Waals surface area contributed by atoms with Gasteiger partial charge in [-0.2, -0.15) is 0 Å². The molecule has 0 unspecified atom stereocenters. The van der Waals surface area contributed by atoms with Crippen LogP contribution in [0.15, 0.2) is 18.2 Å². The fourth-order valence-electron chi connectivity index (χ4n) is 1.55. The van der Waals surface area contributed by atoms with Crippen molar-refractivity contribution in [2.24, 2.45) is 0 Å². The summed E-state index contributed by atoms with van der Waals surface area (Å²) in [6.45, 7) is 6.08. The van der Waals surface area contributed by atoms with Gasteiger partial charge in [-0.3, -0.25) is 0 Å². The van der Waals surface area contributed by atoms with Crippen LogP contribution in [0.1, 0.15) is 47.1 Å². The highest BCUT2D eigenvalue weighted by Gasteiger charge is 2.16. The van der Waals surface area contributed by atoms with Crippen molar-refractivity contribution in [2.75, 3.05) is 14.2 Å². The summed E-state index contributed by atoms with van der Waals surface area (Å²) in [6.07, 6.45) is 0. The van der Waals surface area contributed by atoms with Crippen LogP contribution in [-0.2, 0) is 20.8 Å². The highest BCUT2D eigenvalue weighted by molar-refractivity contribution is 5.95. The van der Waals surface area contributed by atoms with E-state index in [1.165, 1.54) is 20.3 Å². The molecule has 0 aliphatic carbocycles. The Morgan fingerprint density at radius 1 is 0.950 bits per heavy atom. The standard InChI is InChI=1S/C15H20O5/c1-15(2,3)20-9-10-6-11(13(16)18-4)8-12(7-10)14(17)19-5/h6-8H,9H2,1-5H3. The van der Waals surface area contributed by atoms with Gasteiger partial charge in [0.1, 0.15) is 0 Å². The second-order valence-electron chi connectivity index (χ2n) is 5.30. The van der Waals surface area contributed by atoms with Gasteiger partial charge in [-0.1, -0.05) is 0 Å². The number of carbonyl (C=O) groups excluding carboxylic acids is 2. The first kappa shape index (κ1) is 16.2. The van der Waals surface area contributed by atoms with E-state index >= 15 is 0 Å². The summed E-state index contributed by atoms with van der Waals surface area (Å²) in [5, 5.41) is 0. The fourth-order valence-corrected chi connectivity index (χ4v) is 1.55. The molecule has 5 heteroatoms. The molecule has 5 nitrogen and oxygen atoms in total. The monoisotopic (exact) mass is 280 g/mol. The van der Waals surface area contributed by atoms with E-state index in [1.807, 2.05) is 20.8 Å². The molecule has 0 spiro atoms. The quantitative estimate of drug-likeness (QED) is 0.793. The van der Waals surface area contributed by atoms with Gasteiger partial charge in [-0.25, -0.2) is 9.59 Å². The van der Waals surface area contributed by atoms with E-state index < -0.39 is 11.9 Å². The van der Waals surface area contributed by atoms with E-state index in [0.717, 1.165) is 0 Å². The van der Waals surface area contributed by atoms with Crippen LogP contribution in [-0.4, -0.2) is 31.8 Å². The van der Waals surface area contributed by atoms with Gasteiger partial charge < -0.3 is 14.2 Å². The molecule has 20 heavy (non-hydrogen) atoms. The van der Waals surface area contributed by atoms with Crippen LogP contribution in [0, 0.1) is 0 Å². The molecule has 0 aliphatic heterocycles. The molecule has 0 N–H and O–H groups in total. The Labute approximate surface area is 118 Å². The molecule has 0 radical (unpaired) electrons. The lowest BCUT2D eigenvalue weighted by Crippen LogP contribution is -2.19. The minimum atomic E-state index is -0.507. The van der Waals surface area contributed by atoms with Crippen LogP contribution < -0.4 is 0 Å². The zero-order chi connectivity index (χ0) is 15.3. The molecule has 0 saturated carbocycles. The SMILES string of the molecule is COC(=O)c1cc(COC(C)(C)C)cc(C(=O)OC)c1. The number of ether oxygens (including phenoxy) is 3. The van der Waals surface area contributed by atoms with E-state index in [-0.39, 0.29) is 5.60 Å².